The van der Waals surface area contributed by atoms with Crippen molar-refractivity contribution in [3.63, 3.8) is 0 Å². The summed E-state index contributed by atoms with van der Waals surface area (Å²) in [6.07, 6.45) is 0.865. The molecule has 1 N–H and O–H groups in total. The van der Waals surface area contributed by atoms with Crippen LogP contribution in [0.3, 0.4) is 0 Å². The summed E-state index contributed by atoms with van der Waals surface area (Å²) in [6.45, 7) is 4.99. The van der Waals surface area contributed by atoms with Crippen molar-refractivity contribution >= 4 is 27.4 Å². The van der Waals surface area contributed by atoms with E-state index in [0.29, 0.717) is 0 Å². The predicted octanol–water partition coefficient (Wildman–Crippen LogP) is 3.97. The van der Waals surface area contributed by atoms with Crippen LogP contribution < -0.4 is 10.2 Å². The number of rotatable bonds is 5. The van der Waals surface area contributed by atoms with Crippen LogP contribution in [0.15, 0.2) is 28.7 Å². The van der Waals surface area contributed by atoms with Gasteiger partial charge in [0.2, 0.25) is 0 Å². The number of aryl methyl sites for hydroxylation is 1. The van der Waals surface area contributed by atoms with E-state index in [4.69, 9.17) is 0 Å². The number of anilines is 2. The number of hydrogen-bond donors (Lipinski definition) is 1. The summed E-state index contributed by atoms with van der Waals surface area (Å²) in [5, 5.41) is 3.28. The molecule has 1 aromatic carbocycles. The Labute approximate surface area is 134 Å². The Kier molecular flexibility index (Phi) is 5.17. The summed E-state index contributed by atoms with van der Waals surface area (Å²) in [4.78, 5) is 11.4. The van der Waals surface area contributed by atoms with E-state index in [1.165, 1.54) is 5.69 Å². The minimum absolute atomic E-state index is 0.760. The molecular formula is C16H21BrN4. The maximum absolute atomic E-state index is 4.67. The van der Waals surface area contributed by atoms with Gasteiger partial charge in [-0.05, 0) is 53.5 Å². The molecule has 2 aromatic rings. The van der Waals surface area contributed by atoms with Crippen LogP contribution in [0.2, 0.25) is 0 Å². The van der Waals surface area contributed by atoms with Crippen molar-refractivity contribution in [3.8, 4) is 11.4 Å². The van der Waals surface area contributed by atoms with Gasteiger partial charge in [0, 0.05) is 31.9 Å². The van der Waals surface area contributed by atoms with Crippen LogP contribution in [0.25, 0.3) is 11.4 Å². The quantitative estimate of drug-likeness (QED) is 0.887. The van der Waals surface area contributed by atoms with E-state index in [1.807, 2.05) is 14.1 Å². The van der Waals surface area contributed by atoms with Gasteiger partial charge in [-0.15, -0.1) is 0 Å². The van der Waals surface area contributed by atoms with Crippen molar-refractivity contribution in [2.45, 2.75) is 20.3 Å². The molecule has 0 atom stereocenters. The van der Waals surface area contributed by atoms with E-state index >= 15 is 0 Å². The van der Waals surface area contributed by atoms with Gasteiger partial charge in [0.05, 0.1) is 10.2 Å². The molecule has 0 fully saturated rings. The zero-order valence-corrected chi connectivity index (χ0v) is 14.5. The third-order valence-corrected chi connectivity index (χ3v) is 4.07. The molecule has 4 nitrogen and oxygen atoms in total. The Balaban J connectivity index is 2.45. The zero-order valence-electron chi connectivity index (χ0n) is 12.9. The van der Waals surface area contributed by atoms with E-state index in [-0.39, 0.29) is 0 Å². The van der Waals surface area contributed by atoms with Gasteiger partial charge in [-0.2, -0.15) is 0 Å². The van der Waals surface area contributed by atoms with Crippen LogP contribution in [0.5, 0.6) is 0 Å². The monoisotopic (exact) mass is 348 g/mol. The lowest BCUT2D eigenvalue weighted by atomic mass is 10.1. The number of nitrogens with zero attached hydrogens (tertiary/aromatic N) is 3. The molecule has 0 aliphatic rings. The average molecular weight is 349 g/mol. The molecule has 0 aliphatic carbocycles. The number of halogens is 1. The molecule has 0 radical (unpaired) electrons. The van der Waals surface area contributed by atoms with Gasteiger partial charge in [0.1, 0.15) is 5.82 Å². The largest absolute Gasteiger partial charge is 0.378 e. The van der Waals surface area contributed by atoms with Crippen LogP contribution in [-0.4, -0.2) is 30.6 Å². The van der Waals surface area contributed by atoms with E-state index < -0.39 is 0 Å². The molecule has 0 saturated heterocycles. The van der Waals surface area contributed by atoms with E-state index in [2.05, 4.69) is 74.2 Å². The van der Waals surface area contributed by atoms with Crippen molar-refractivity contribution in [2.24, 2.45) is 0 Å². The summed E-state index contributed by atoms with van der Waals surface area (Å²) < 4.78 is 0.959. The second-order valence-electron chi connectivity index (χ2n) is 4.98. The van der Waals surface area contributed by atoms with Gasteiger partial charge in [0.25, 0.3) is 0 Å². The van der Waals surface area contributed by atoms with Crippen molar-refractivity contribution in [3.05, 3.63) is 34.4 Å². The molecule has 0 aliphatic heterocycles. The van der Waals surface area contributed by atoms with Crippen LogP contribution in [0.4, 0.5) is 11.5 Å². The second kappa shape index (κ2) is 6.89. The molecule has 0 saturated carbocycles. The highest BCUT2D eigenvalue weighted by atomic mass is 79.9. The Bertz CT molecular complexity index is 608. The van der Waals surface area contributed by atoms with Gasteiger partial charge in [-0.3, -0.25) is 0 Å². The minimum atomic E-state index is 0.760. The molecule has 0 unspecified atom stereocenters. The first-order valence-electron chi connectivity index (χ1n) is 7.14. The van der Waals surface area contributed by atoms with Gasteiger partial charge in [-0.25, -0.2) is 9.97 Å². The van der Waals surface area contributed by atoms with E-state index in [9.17, 15) is 0 Å². The topological polar surface area (TPSA) is 41.1 Å². The lowest BCUT2D eigenvalue weighted by molar-refractivity contribution is 0.984. The number of hydrogen-bond acceptors (Lipinski definition) is 4. The first-order valence-corrected chi connectivity index (χ1v) is 7.94. The fourth-order valence-corrected chi connectivity index (χ4v) is 2.65. The third kappa shape index (κ3) is 3.53. The summed E-state index contributed by atoms with van der Waals surface area (Å²) >= 11 is 3.59. The molecule has 0 spiro atoms. The van der Waals surface area contributed by atoms with Crippen LogP contribution >= 0.6 is 15.9 Å². The van der Waals surface area contributed by atoms with Crippen molar-refractivity contribution in [1.82, 2.24) is 9.97 Å². The Morgan fingerprint density at radius 3 is 2.29 bits per heavy atom. The maximum atomic E-state index is 4.67. The maximum Gasteiger partial charge on any atom is 0.161 e. The van der Waals surface area contributed by atoms with Gasteiger partial charge in [-0.1, -0.05) is 6.92 Å². The summed E-state index contributed by atoms with van der Waals surface area (Å²) in [7, 11) is 4.06. The second-order valence-corrected chi connectivity index (χ2v) is 5.77. The first-order chi connectivity index (χ1) is 10.1. The Morgan fingerprint density at radius 1 is 1.10 bits per heavy atom. The standard InChI is InChI=1S/C16H21BrN4/c1-5-13-14(17)16(18-6-2)20-15(19-13)11-7-9-12(10-8-11)21(3)4/h7-10H,5-6H2,1-4H3,(H,18,19,20). The smallest absolute Gasteiger partial charge is 0.161 e. The summed E-state index contributed by atoms with van der Waals surface area (Å²) in [5.74, 6) is 1.62. The fraction of sp³-hybridized carbons (Fsp3) is 0.375. The average Bonchev–Trinajstić information content (AvgIpc) is 2.49. The van der Waals surface area contributed by atoms with Crippen LogP contribution in [0.1, 0.15) is 19.5 Å². The summed E-state index contributed by atoms with van der Waals surface area (Å²) in [5.41, 5.74) is 3.22. The third-order valence-electron chi connectivity index (χ3n) is 3.24. The van der Waals surface area contributed by atoms with Crippen molar-refractivity contribution in [2.75, 3.05) is 30.9 Å². The molecule has 1 aromatic heterocycles. The summed E-state index contributed by atoms with van der Waals surface area (Å²) in [6, 6.07) is 8.29. The Morgan fingerprint density at radius 2 is 1.76 bits per heavy atom. The molecule has 112 valence electrons. The predicted molar refractivity (Wildman–Crippen MR) is 93.0 cm³/mol. The van der Waals surface area contributed by atoms with Gasteiger partial charge < -0.3 is 10.2 Å². The molecule has 0 bridgehead atoms. The highest BCUT2D eigenvalue weighted by Gasteiger charge is 2.12. The molecule has 5 heteroatoms. The molecule has 0 amide bonds. The fourth-order valence-electron chi connectivity index (χ4n) is 2.05. The Hall–Kier alpha value is -1.62. The van der Waals surface area contributed by atoms with Crippen LogP contribution in [-0.2, 0) is 6.42 Å². The lowest BCUT2D eigenvalue weighted by Crippen LogP contribution is -2.08. The minimum Gasteiger partial charge on any atom is -0.378 e. The molecular weight excluding hydrogens is 328 g/mol. The number of benzene rings is 1. The molecule has 21 heavy (non-hydrogen) atoms. The van der Waals surface area contributed by atoms with Gasteiger partial charge >= 0.3 is 0 Å². The number of nitrogens with one attached hydrogen (secondary N) is 1. The zero-order chi connectivity index (χ0) is 15.4. The first kappa shape index (κ1) is 15.8. The highest BCUT2D eigenvalue weighted by Crippen LogP contribution is 2.28. The SMILES string of the molecule is CCNc1nc(-c2ccc(N(C)C)cc2)nc(CC)c1Br. The molecule has 2 rings (SSSR count). The highest BCUT2D eigenvalue weighted by molar-refractivity contribution is 9.10. The van der Waals surface area contributed by atoms with Crippen molar-refractivity contribution < 1.29 is 0 Å². The normalized spacial score (nSPS) is 10.5. The van der Waals surface area contributed by atoms with E-state index in [0.717, 1.165) is 40.3 Å². The lowest BCUT2D eigenvalue weighted by Gasteiger charge is -2.14. The van der Waals surface area contributed by atoms with E-state index in [1.54, 1.807) is 0 Å². The van der Waals surface area contributed by atoms with Gasteiger partial charge in [0.15, 0.2) is 5.82 Å². The molecule has 1 heterocycles. The van der Waals surface area contributed by atoms with Crippen LogP contribution in [0, 0.1) is 0 Å². The van der Waals surface area contributed by atoms with Crippen molar-refractivity contribution in [1.29, 1.82) is 0 Å². The number of aromatic nitrogens is 2.